The van der Waals surface area contributed by atoms with Crippen LogP contribution in [0.2, 0.25) is 0 Å². The molecular formula is C25H32N2O3. The predicted molar refractivity (Wildman–Crippen MR) is 120 cm³/mol. The number of rotatable bonds is 7. The molecule has 3 rings (SSSR count). The van der Waals surface area contributed by atoms with Crippen molar-refractivity contribution in [2.45, 2.75) is 71.4 Å². The van der Waals surface area contributed by atoms with E-state index in [4.69, 9.17) is 4.74 Å². The molecule has 2 aromatic carbocycles. The van der Waals surface area contributed by atoms with Gasteiger partial charge in [-0.3, -0.25) is 9.59 Å². The van der Waals surface area contributed by atoms with Crippen LogP contribution in [-0.2, 0) is 11.2 Å². The molecule has 1 fully saturated rings. The van der Waals surface area contributed by atoms with Crippen LogP contribution in [0.3, 0.4) is 0 Å². The third-order valence-electron chi connectivity index (χ3n) is 5.73. The van der Waals surface area contributed by atoms with Gasteiger partial charge in [0.15, 0.2) is 6.10 Å². The van der Waals surface area contributed by atoms with Crippen molar-refractivity contribution < 1.29 is 14.3 Å². The lowest BCUT2D eigenvalue weighted by atomic mass is 9.95. The Morgan fingerprint density at radius 3 is 2.43 bits per heavy atom. The highest BCUT2D eigenvalue weighted by molar-refractivity contribution is 5.96. The molecule has 2 aromatic rings. The molecule has 2 N–H and O–H groups in total. The third-order valence-corrected chi connectivity index (χ3v) is 5.73. The van der Waals surface area contributed by atoms with Gasteiger partial charge in [-0.25, -0.2) is 0 Å². The SMILES string of the molecule is CCc1cccc(C)c1NC(=O)C(C)Oc1ccc(C(=O)NC2CCCCC2)cc1. The third kappa shape index (κ3) is 5.62. The standard InChI is InChI=1S/C25H32N2O3/c1-4-19-10-8-9-17(2)23(19)27-24(28)18(3)30-22-15-13-20(14-16-22)25(29)26-21-11-6-5-7-12-21/h8-10,13-16,18,21H,4-7,11-12H2,1-3H3,(H,26,29)(H,27,28). The van der Waals surface area contributed by atoms with Crippen molar-refractivity contribution in [1.29, 1.82) is 0 Å². The summed E-state index contributed by atoms with van der Waals surface area (Å²) in [6, 6.07) is 13.2. The zero-order valence-electron chi connectivity index (χ0n) is 18.2. The lowest BCUT2D eigenvalue weighted by molar-refractivity contribution is -0.122. The number of hydrogen-bond donors (Lipinski definition) is 2. The van der Waals surface area contributed by atoms with Crippen LogP contribution in [0.5, 0.6) is 5.75 Å². The second kappa shape index (κ2) is 10.3. The van der Waals surface area contributed by atoms with Gasteiger partial charge in [-0.05, 0) is 68.5 Å². The molecule has 0 saturated heterocycles. The number of anilines is 1. The zero-order valence-corrected chi connectivity index (χ0v) is 18.2. The van der Waals surface area contributed by atoms with Crippen LogP contribution in [0.1, 0.15) is 67.4 Å². The van der Waals surface area contributed by atoms with Crippen LogP contribution < -0.4 is 15.4 Å². The Hall–Kier alpha value is -2.82. The van der Waals surface area contributed by atoms with Crippen LogP contribution in [0.25, 0.3) is 0 Å². The molecule has 0 heterocycles. The van der Waals surface area contributed by atoms with Crippen LogP contribution >= 0.6 is 0 Å². The molecule has 0 aromatic heterocycles. The average molecular weight is 409 g/mol. The van der Waals surface area contributed by atoms with Gasteiger partial charge in [0.05, 0.1) is 0 Å². The first kappa shape index (κ1) is 21.9. The Morgan fingerprint density at radius 2 is 1.77 bits per heavy atom. The van der Waals surface area contributed by atoms with Crippen LogP contribution in [-0.4, -0.2) is 24.0 Å². The fourth-order valence-corrected chi connectivity index (χ4v) is 3.89. The van der Waals surface area contributed by atoms with Gasteiger partial charge < -0.3 is 15.4 Å². The second-order valence-corrected chi connectivity index (χ2v) is 8.04. The zero-order chi connectivity index (χ0) is 21.5. The minimum absolute atomic E-state index is 0.0501. The molecule has 160 valence electrons. The number of amides is 2. The lowest BCUT2D eigenvalue weighted by Crippen LogP contribution is -2.36. The maximum atomic E-state index is 12.6. The van der Waals surface area contributed by atoms with Crippen LogP contribution in [0.4, 0.5) is 5.69 Å². The highest BCUT2D eigenvalue weighted by Gasteiger charge is 2.19. The first-order valence-electron chi connectivity index (χ1n) is 10.9. The van der Waals surface area contributed by atoms with E-state index in [0.717, 1.165) is 36.1 Å². The minimum atomic E-state index is -0.656. The molecule has 2 amide bonds. The van der Waals surface area contributed by atoms with Gasteiger partial charge in [-0.15, -0.1) is 0 Å². The van der Waals surface area contributed by atoms with E-state index in [0.29, 0.717) is 11.3 Å². The van der Waals surface area contributed by atoms with E-state index in [1.54, 1.807) is 31.2 Å². The Kier molecular flexibility index (Phi) is 7.50. The summed E-state index contributed by atoms with van der Waals surface area (Å²) in [4.78, 5) is 25.1. The summed E-state index contributed by atoms with van der Waals surface area (Å²) in [5, 5.41) is 6.11. The maximum Gasteiger partial charge on any atom is 0.265 e. The van der Waals surface area contributed by atoms with Crippen molar-refractivity contribution in [2.24, 2.45) is 0 Å². The van der Waals surface area contributed by atoms with Gasteiger partial charge in [0.25, 0.3) is 11.8 Å². The Labute approximate surface area is 179 Å². The summed E-state index contributed by atoms with van der Waals surface area (Å²) < 4.78 is 5.80. The van der Waals surface area contributed by atoms with Gasteiger partial charge in [-0.1, -0.05) is 44.4 Å². The Bertz CT molecular complexity index is 870. The molecule has 5 nitrogen and oxygen atoms in total. The molecular weight excluding hydrogens is 376 g/mol. The van der Waals surface area contributed by atoms with Gasteiger partial charge in [0.2, 0.25) is 0 Å². The summed E-state index contributed by atoms with van der Waals surface area (Å²) in [5.41, 5.74) is 3.60. The van der Waals surface area contributed by atoms with Crippen molar-refractivity contribution in [3.05, 3.63) is 59.2 Å². The predicted octanol–water partition coefficient (Wildman–Crippen LogP) is 5.03. The molecule has 0 radical (unpaired) electrons. The number of carbonyl (C=O) groups excluding carboxylic acids is 2. The number of benzene rings is 2. The molecule has 30 heavy (non-hydrogen) atoms. The van der Waals surface area contributed by atoms with Gasteiger partial charge in [0, 0.05) is 17.3 Å². The van der Waals surface area contributed by atoms with Crippen molar-refractivity contribution in [3.8, 4) is 5.75 Å². The molecule has 0 aliphatic heterocycles. The smallest absolute Gasteiger partial charge is 0.265 e. The first-order chi connectivity index (χ1) is 14.5. The number of carbonyl (C=O) groups is 2. The minimum Gasteiger partial charge on any atom is -0.481 e. The van der Waals surface area contributed by atoms with E-state index >= 15 is 0 Å². The van der Waals surface area contributed by atoms with Crippen LogP contribution in [0.15, 0.2) is 42.5 Å². The topological polar surface area (TPSA) is 67.4 Å². The number of nitrogens with one attached hydrogen (secondary N) is 2. The molecule has 0 bridgehead atoms. The van der Waals surface area contributed by atoms with E-state index in [-0.39, 0.29) is 17.9 Å². The fraction of sp³-hybridized carbons (Fsp3) is 0.440. The first-order valence-corrected chi connectivity index (χ1v) is 10.9. The highest BCUT2D eigenvalue weighted by atomic mass is 16.5. The van der Waals surface area contributed by atoms with E-state index in [9.17, 15) is 9.59 Å². The number of aryl methyl sites for hydroxylation is 2. The molecule has 1 aliphatic rings. The van der Waals surface area contributed by atoms with Gasteiger partial charge >= 0.3 is 0 Å². The summed E-state index contributed by atoms with van der Waals surface area (Å²) in [7, 11) is 0. The Balaban J connectivity index is 1.57. The molecule has 0 spiro atoms. The molecule has 1 aliphatic carbocycles. The summed E-state index contributed by atoms with van der Waals surface area (Å²) in [6.45, 7) is 5.77. The monoisotopic (exact) mass is 408 g/mol. The molecule has 1 saturated carbocycles. The van der Waals surface area contributed by atoms with Crippen molar-refractivity contribution in [1.82, 2.24) is 5.32 Å². The van der Waals surface area contributed by atoms with E-state index < -0.39 is 6.10 Å². The number of hydrogen-bond acceptors (Lipinski definition) is 3. The largest absolute Gasteiger partial charge is 0.481 e. The summed E-state index contributed by atoms with van der Waals surface area (Å²) in [5.74, 6) is 0.316. The normalized spacial score (nSPS) is 15.3. The van der Waals surface area contributed by atoms with Crippen LogP contribution in [0, 0.1) is 6.92 Å². The quantitative estimate of drug-likeness (QED) is 0.675. The number of para-hydroxylation sites is 1. The van der Waals surface area contributed by atoms with E-state index in [1.807, 2.05) is 25.1 Å². The van der Waals surface area contributed by atoms with Crippen molar-refractivity contribution in [2.75, 3.05) is 5.32 Å². The second-order valence-electron chi connectivity index (χ2n) is 8.04. The van der Waals surface area contributed by atoms with E-state index in [1.165, 1.54) is 19.3 Å². The molecule has 5 heteroatoms. The summed E-state index contributed by atoms with van der Waals surface area (Å²) >= 11 is 0. The average Bonchev–Trinajstić information content (AvgIpc) is 2.76. The summed E-state index contributed by atoms with van der Waals surface area (Å²) in [6.07, 6.45) is 5.92. The number of ether oxygens (including phenoxy) is 1. The maximum absolute atomic E-state index is 12.6. The molecule has 1 atom stereocenters. The highest BCUT2D eigenvalue weighted by Crippen LogP contribution is 2.22. The molecule has 1 unspecified atom stereocenters. The van der Waals surface area contributed by atoms with E-state index in [2.05, 4.69) is 17.6 Å². The van der Waals surface area contributed by atoms with Crippen molar-refractivity contribution in [3.63, 3.8) is 0 Å². The fourth-order valence-electron chi connectivity index (χ4n) is 3.89. The van der Waals surface area contributed by atoms with Crippen molar-refractivity contribution >= 4 is 17.5 Å². The van der Waals surface area contributed by atoms with Gasteiger partial charge in [-0.2, -0.15) is 0 Å². The lowest BCUT2D eigenvalue weighted by Gasteiger charge is -2.22. The Morgan fingerprint density at radius 1 is 1.07 bits per heavy atom. The van der Waals surface area contributed by atoms with Gasteiger partial charge in [0.1, 0.15) is 5.75 Å².